The van der Waals surface area contributed by atoms with Gasteiger partial charge in [0.25, 0.3) is 0 Å². The number of fused-ring (bicyclic) bond motifs is 1. The van der Waals surface area contributed by atoms with Crippen LogP contribution in [0.1, 0.15) is 17.2 Å². The Kier molecular flexibility index (Phi) is 3.78. The van der Waals surface area contributed by atoms with Crippen molar-refractivity contribution in [3.8, 4) is 5.75 Å². The Morgan fingerprint density at radius 1 is 1.00 bits per heavy atom. The predicted molar refractivity (Wildman–Crippen MR) is 91.0 cm³/mol. The molecule has 6 nitrogen and oxygen atoms in total. The molecule has 0 saturated carbocycles. The van der Waals surface area contributed by atoms with E-state index >= 15 is 0 Å². The van der Waals surface area contributed by atoms with Crippen molar-refractivity contribution in [2.45, 2.75) is 18.6 Å². The number of phenols is 1. The van der Waals surface area contributed by atoms with Crippen LogP contribution in [0.5, 0.6) is 5.75 Å². The number of hydrogen-bond acceptors (Lipinski definition) is 5. The molecule has 25 heavy (non-hydrogen) atoms. The van der Waals surface area contributed by atoms with Gasteiger partial charge in [0.15, 0.2) is 0 Å². The van der Waals surface area contributed by atoms with Crippen LogP contribution in [0.2, 0.25) is 0 Å². The summed E-state index contributed by atoms with van der Waals surface area (Å²) < 4.78 is 0. The summed E-state index contributed by atoms with van der Waals surface area (Å²) in [4.78, 5) is 27.2. The minimum atomic E-state index is -0.505. The number of phenolic OH excluding ortho intramolecular Hbond substituents is 1. The number of amides is 2. The van der Waals surface area contributed by atoms with Crippen LogP contribution in [-0.2, 0) is 16.1 Å². The van der Waals surface area contributed by atoms with Gasteiger partial charge in [0.2, 0.25) is 11.8 Å². The molecule has 2 aromatic carbocycles. The molecular formula is C19H19N3O3. The SMILES string of the molecule is CN1N[C@H](c2ccc(O)cc2)[C@@H]2C(=O)N(Cc3ccccc3)C(=O)[C@@H]21. The minimum Gasteiger partial charge on any atom is -0.508 e. The molecule has 0 unspecified atom stereocenters. The lowest BCUT2D eigenvalue weighted by atomic mass is 9.91. The molecule has 2 heterocycles. The van der Waals surface area contributed by atoms with Crippen molar-refractivity contribution < 1.29 is 14.7 Å². The number of carbonyl (C=O) groups is 2. The molecule has 2 N–H and O–H groups in total. The highest BCUT2D eigenvalue weighted by Crippen LogP contribution is 2.40. The first-order valence-electron chi connectivity index (χ1n) is 8.23. The van der Waals surface area contributed by atoms with E-state index in [1.807, 2.05) is 30.3 Å². The quantitative estimate of drug-likeness (QED) is 0.829. The Hall–Kier alpha value is -2.70. The number of rotatable bonds is 3. The number of hydrazine groups is 1. The molecule has 0 spiro atoms. The van der Waals surface area contributed by atoms with Crippen molar-refractivity contribution in [3.05, 3.63) is 65.7 Å². The third-order valence-corrected chi connectivity index (χ3v) is 4.97. The zero-order valence-corrected chi connectivity index (χ0v) is 13.8. The maximum atomic E-state index is 13.0. The van der Waals surface area contributed by atoms with Crippen molar-refractivity contribution in [1.82, 2.24) is 15.3 Å². The molecule has 2 fully saturated rings. The Bertz CT molecular complexity index is 806. The number of aromatic hydroxyl groups is 1. The number of imide groups is 1. The highest BCUT2D eigenvalue weighted by Gasteiger charge is 2.57. The molecule has 0 radical (unpaired) electrons. The molecule has 0 aromatic heterocycles. The number of hydrogen-bond donors (Lipinski definition) is 2. The van der Waals surface area contributed by atoms with Gasteiger partial charge in [0, 0.05) is 7.05 Å². The van der Waals surface area contributed by atoms with Gasteiger partial charge in [0.05, 0.1) is 18.5 Å². The molecule has 2 saturated heterocycles. The van der Waals surface area contributed by atoms with Crippen molar-refractivity contribution >= 4 is 11.8 Å². The maximum absolute atomic E-state index is 13.0. The average molecular weight is 337 g/mol. The largest absolute Gasteiger partial charge is 0.508 e. The number of nitrogens with zero attached hydrogens (tertiary/aromatic N) is 2. The van der Waals surface area contributed by atoms with Gasteiger partial charge in [-0.25, -0.2) is 10.4 Å². The van der Waals surface area contributed by atoms with E-state index in [1.165, 1.54) is 4.90 Å². The standard InChI is InChI=1S/C19H19N3O3/c1-21-17-15(16(20-21)13-7-9-14(23)10-8-13)18(24)22(19(17)25)11-12-5-3-2-4-6-12/h2-10,15-17,20,23H,11H2,1H3/t15-,16+,17+/m0/s1. The Morgan fingerprint density at radius 3 is 2.36 bits per heavy atom. The Labute approximate surface area is 145 Å². The summed E-state index contributed by atoms with van der Waals surface area (Å²) in [6.07, 6.45) is 0. The summed E-state index contributed by atoms with van der Waals surface area (Å²) in [5, 5.41) is 11.2. The molecule has 2 amide bonds. The van der Waals surface area contributed by atoms with Crippen LogP contribution >= 0.6 is 0 Å². The van der Waals surface area contributed by atoms with Gasteiger partial charge in [-0.15, -0.1) is 0 Å². The fraction of sp³-hybridized carbons (Fsp3) is 0.263. The summed E-state index contributed by atoms with van der Waals surface area (Å²) in [5.74, 6) is -0.624. The molecule has 2 aliphatic heterocycles. The lowest BCUT2D eigenvalue weighted by Gasteiger charge is -2.22. The average Bonchev–Trinajstić information content (AvgIpc) is 3.08. The summed E-state index contributed by atoms with van der Waals surface area (Å²) >= 11 is 0. The van der Waals surface area contributed by atoms with Crippen LogP contribution in [0.4, 0.5) is 0 Å². The third-order valence-electron chi connectivity index (χ3n) is 4.97. The van der Waals surface area contributed by atoms with E-state index in [4.69, 9.17) is 0 Å². The second kappa shape index (κ2) is 5.98. The van der Waals surface area contributed by atoms with Gasteiger partial charge in [-0.1, -0.05) is 42.5 Å². The summed E-state index contributed by atoms with van der Waals surface area (Å²) in [6.45, 7) is 0.293. The van der Waals surface area contributed by atoms with Crippen molar-refractivity contribution in [1.29, 1.82) is 0 Å². The van der Waals surface area contributed by atoms with E-state index in [1.54, 1.807) is 36.3 Å². The molecule has 0 aliphatic carbocycles. The predicted octanol–water partition coefficient (Wildman–Crippen LogP) is 1.44. The molecule has 0 bridgehead atoms. The van der Waals surface area contributed by atoms with E-state index < -0.39 is 12.0 Å². The molecule has 2 aromatic rings. The first-order chi connectivity index (χ1) is 12.1. The Balaban J connectivity index is 1.63. The zero-order chi connectivity index (χ0) is 17.6. The fourth-order valence-corrected chi connectivity index (χ4v) is 3.73. The smallest absolute Gasteiger partial charge is 0.249 e. The van der Waals surface area contributed by atoms with Crippen molar-refractivity contribution in [2.75, 3.05) is 7.05 Å². The van der Waals surface area contributed by atoms with Gasteiger partial charge in [0.1, 0.15) is 11.8 Å². The van der Waals surface area contributed by atoms with Crippen molar-refractivity contribution in [2.24, 2.45) is 5.92 Å². The van der Waals surface area contributed by atoms with Crippen LogP contribution in [0, 0.1) is 5.92 Å². The van der Waals surface area contributed by atoms with E-state index in [-0.39, 0.29) is 23.6 Å². The summed E-state index contributed by atoms with van der Waals surface area (Å²) in [6, 6.07) is 15.5. The second-order valence-electron chi connectivity index (χ2n) is 6.53. The van der Waals surface area contributed by atoms with Crippen molar-refractivity contribution in [3.63, 3.8) is 0 Å². The van der Waals surface area contributed by atoms with Gasteiger partial charge >= 0.3 is 0 Å². The summed E-state index contributed by atoms with van der Waals surface area (Å²) in [7, 11) is 1.79. The van der Waals surface area contributed by atoms with Crippen LogP contribution in [0.25, 0.3) is 0 Å². The molecule has 4 rings (SSSR count). The second-order valence-corrected chi connectivity index (χ2v) is 6.53. The Morgan fingerprint density at radius 2 is 1.68 bits per heavy atom. The van der Waals surface area contributed by atoms with Crippen LogP contribution in [0.15, 0.2) is 54.6 Å². The van der Waals surface area contributed by atoms with Gasteiger partial charge in [-0.3, -0.25) is 14.5 Å². The van der Waals surface area contributed by atoms with Gasteiger partial charge in [-0.05, 0) is 23.3 Å². The first-order valence-corrected chi connectivity index (χ1v) is 8.23. The van der Waals surface area contributed by atoms with Gasteiger partial charge < -0.3 is 5.11 Å². The monoisotopic (exact) mass is 337 g/mol. The molecule has 3 atom stereocenters. The topological polar surface area (TPSA) is 72.9 Å². The number of carbonyl (C=O) groups excluding carboxylic acids is 2. The van der Waals surface area contributed by atoms with Crippen LogP contribution < -0.4 is 5.43 Å². The third kappa shape index (κ3) is 2.59. The highest BCUT2D eigenvalue weighted by molar-refractivity contribution is 6.07. The molecule has 128 valence electrons. The molecule has 6 heteroatoms. The number of likely N-dealkylation sites (tertiary alicyclic amines) is 1. The minimum absolute atomic E-state index is 0.159. The van der Waals surface area contributed by atoms with E-state index in [0.717, 1.165) is 11.1 Å². The van der Waals surface area contributed by atoms with E-state index in [0.29, 0.717) is 6.54 Å². The van der Waals surface area contributed by atoms with Gasteiger partial charge in [-0.2, -0.15) is 0 Å². The molecule has 2 aliphatic rings. The highest BCUT2D eigenvalue weighted by atomic mass is 16.3. The number of benzene rings is 2. The lowest BCUT2D eigenvalue weighted by Crippen LogP contribution is -2.42. The van der Waals surface area contributed by atoms with Crippen LogP contribution in [0.3, 0.4) is 0 Å². The van der Waals surface area contributed by atoms with E-state index in [9.17, 15) is 14.7 Å². The van der Waals surface area contributed by atoms with Crippen LogP contribution in [-0.4, -0.2) is 39.9 Å². The summed E-state index contributed by atoms with van der Waals surface area (Å²) in [5.41, 5.74) is 5.03. The number of likely N-dealkylation sites (N-methyl/N-ethyl adjacent to an activating group) is 1. The maximum Gasteiger partial charge on any atom is 0.249 e. The number of nitrogens with one attached hydrogen (secondary N) is 1. The normalized spacial score (nSPS) is 26.3. The molecular weight excluding hydrogens is 318 g/mol. The zero-order valence-electron chi connectivity index (χ0n) is 13.8. The lowest BCUT2D eigenvalue weighted by molar-refractivity contribution is -0.142. The first kappa shape index (κ1) is 15.8. The van der Waals surface area contributed by atoms with E-state index in [2.05, 4.69) is 5.43 Å². The fourth-order valence-electron chi connectivity index (χ4n) is 3.73.